The van der Waals surface area contributed by atoms with Crippen molar-refractivity contribution in [1.29, 1.82) is 0 Å². The van der Waals surface area contributed by atoms with E-state index in [-0.39, 0.29) is 18.1 Å². The molecule has 3 aromatic carbocycles. The molecule has 222 valence electrons. The minimum absolute atomic E-state index is 0.0954. The highest BCUT2D eigenvalue weighted by Gasteiger charge is 2.39. The first-order valence-corrected chi connectivity index (χ1v) is 14.3. The summed E-state index contributed by atoms with van der Waals surface area (Å²) in [4.78, 5) is 38.1. The van der Waals surface area contributed by atoms with Crippen LogP contribution in [0.25, 0.3) is 0 Å². The lowest BCUT2D eigenvalue weighted by molar-refractivity contribution is -0.163. The molecule has 0 unspecified atom stereocenters. The van der Waals surface area contributed by atoms with E-state index in [2.05, 4.69) is 31.3 Å². The zero-order chi connectivity index (χ0) is 30.3. The summed E-state index contributed by atoms with van der Waals surface area (Å²) >= 11 is 0. The molecule has 3 aromatic rings. The number of hydrogen-bond acceptors (Lipinski definition) is 3. The Morgan fingerprint density at radius 2 is 1.52 bits per heavy atom. The highest BCUT2D eigenvalue weighted by atomic mass is 19.3. The number of anilines is 2. The SMILES string of the molecule is CC(C)c1ccc(NC(=O)N(Cc2ccc(C(=O)NCC(F)(F)C(=O)O)cc2)c2ccc(C3CCCCC3)cc2)cc1. The van der Waals surface area contributed by atoms with E-state index in [1.54, 1.807) is 17.0 Å². The molecular weight excluding hydrogens is 540 g/mol. The zero-order valence-electron chi connectivity index (χ0n) is 23.9. The van der Waals surface area contributed by atoms with E-state index in [1.165, 1.54) is 55.4 Å². The molecule has 0 spiro atoms. The summed E-state index contributed by atoms with van der Waals surface area (Å²) in [6, 6.07) is 21.7. The number of nitrogens with zero attached hydrogens (tertiary/aromatic N) is 1. The van der Waals surface area contributed by atoms with E-state index >= 15 is 0 Å². The summed E-state index contributed by atoms with van der Waals surface area (Å²) in [7, 11) is 0. The van der Waals surface area contributed by atoms with Gasteiger partial charge in [-0.2, -0.15) is 8.78 Å². The molecule has 0 bridgehead atoms. The molecule has 1 fully saturated rings. The van der Waals surface area contributed by atoms with Crippen LogP contribution in [0.3, 0.4) is 0 Å². The molecule has 0 heterocycles. The lowest BCUT2D eigenvalue weighted by atomic mass is 9.84. The Hall–Kier alpha value is -4.27. The summed E-state index contributed by atoms with van der Waals surface area (Å²) in [5.74, 6) is -6.29. The van der Waals surface area contributed by atoms with Crippen molar-refractivity contribution >= 4 is 29.3 Å². The molecule has 4 rings (SSSR count). The number of benzene rings is 3. The number of carbonyl (C=O) groups is 3. The number of aliphatic carboxylic acids is 1. The fourth-order valence-electron chi connectivity index (χ4n) is 5.10. The van der Waals surface area contributed by atoms with Gasteiger partial charge in [-0.1, -0.05) is 69.5 Å². The second-order valence-electron chi connectivity index (χ2n) is 11.1. The molecule has 0 aliphatic heterocycles. The molecule has 0 atom stereocenters. The Morgan fingerprint density at radius 1 is 0.905 bits per heavy atom. The number of carboxylic acids is 1. The minimum atomic E-state index is -4.06. The van der Waals surface area contributed by atoms with Crippen molar-refractivity contribution in [2.24, 2.45) is 0 Å². The third kappa shape index (κ3) is 7.93. The molecule has 42 heavy (non-hydrogen) atoms. The number of carbonyl (C=O) groups excluding carboxylic acids is 2. The number of amides is 3. The number of urea groups is 1. The Morgan fingerprint density at radius 3 is 2.10 bits per heavy atom. The maximum Gasteiger partial charge on any atom is 0.376 e. The van der Waals surface area contributed by atoms with Crippen LogP contribution in [0.15, 0.2) is 72.8 Å². The number of rotatable bonds is 10. The summed E-state index contributed by atoms with van der Waals surface area (Å²) < 4.78 is 26.7. The first-order valence-electron chi connectivity index (χ1n) is 14.3. The van der Waals surface area contributed by atoms with Gasteiger partial charge in [0.05, 0.1) is 13.1 Å². The van der Waals surface area contributed by atoms with Crippen molar-refractivity contribution in [2.75, 3.05) is 16.8 Å². The molecule has 0 aromatic heterocycles. The fraction of sp³-hybridized carbons (Fsp3) is 0.364. The molecule has 9 heteroatoms. The van der Waals surface area contributed by atoms with Gasteiger partial charge in [0, 0.05) is 16.9 Å². The average molecular weight is 578 g/mol. The molecule has 0 radical (unpaired) electrons. The monoisotopic (exact) mass is 577 g/mol. The van der Waals surface area contributed by atoms with Gasteiger partial charge in [-0.25, -0.2) is 9.59 Å². The van der Waals surface area contributed by atoms with Crippen molar-refractivity contribution < 1.29 is 28.3 Å². The van der Waals surface area contributed by atoms with Crippen LogP contribution >= 0.6 is 0 Å². The van der Waals surface area contributed by atoms with Crippen LogP contribution in [0.5, 0.6) is 0 Å². The van der Waals surface area contributed by atoms with Gasteiger partial charge in [-0.05, 0) is 77.8 Å². The summed E-state index contributed by atoms with van der Waals surface area (Å²) in [5.41, 5.74) is 4.62. The van der Waals surface area contributed by atoms with Crippen LogP contribution in [-0.2, 0) is 11.3 Å². The van der Waals surface area contributed by atoms with Gasteiger partial charge in [0.25, 0.3) is 5.91 Å². The Labute approximate surface area is 244 Å². The van der Waals surface area contributed by atoms with Crippen LogP contribution in [0.1, 0.15) is 84.8 Å². The fourth-order valence-corrected chi connectivity index (χ4v) is 5.10. The van der Waals surface area contributed by atoms with Crippen LogP contribution < -0.4 is 15.5 Å². The standard InChI is InChI=1S/C33H37F2N3O4/c1-22(2)24-12-16-28(17-13-24)37-32(42)38(29-18-14-26(15-19-29)25-6-4-3-5-7-25)20-23-8-10-27(11-9-23)30(39)36-21-33(34,35)31(40)41/h8-19,22,25H,3-7,20-21H2,1-2H3,(H,36,39)(H,37,42)(H,40,41). The highest BCUT2D eigenvalue weighted by Crippen LogP contribution is 2.33. The van der Waals surface area contributed by atoms with Crippen LogP contribution in [0, 0.1) is 0 Å². The van der Waals surface area contributed by atoms with Gasteiger partial charge < -0.3 is 15.7 Å². The number of alkyl halides is 2. The second kappa shape index (κ2) is 13.6. The molecule has 7 nitrogen and oxygen atoms in total. The van der Waals surface area contributed by atoms with E-state index in [4.69, 9.17) is 5.11 Å². The van der Waals surface area contributed by atoms with E-state index in [9.17, 15) is 23.2 Å². The quantitative estimate of drug-likeness (QED) is 0.232. The predicted molar refractivity (Wildman–Crippen MR) is 159 cm³/mol. The van der Waals surface area contributed by atoms with Gasteiger partial charge in [0.15, 0.2) is 0 Å². The van der Waals surface area contributed by atoms with Crippen molar-refractivity contribution in [3.8, 4) is 0 Å². The number of carboxylic acid groups (broad SMARTS) is 1. The predicted octanol–water partition coefficient (Wildman–Crippen LogP) is 7.55. The lowest BCUT2D eigenvalue weighted by Crippen LogP contribution is -2.42. The molecule has 1 aliphatic carbocycles. The Kier molecular flexibility index (Phi) is 9.93. The van der Waals surface area contributed by atoms with Gasteiger partial charge in [0.2, 0.25) is 0 Å². The maximum absolute atomic E-state index is 13.6. The summed E-state index contributed by atoms with van der Waals surface area (Å²) in [6.07, 6.45) is 6.07. The van der Waals surface area contributed by atoms with Crippen LogP contribution in [-0.4, -0.2) is 35.5 Å². The first-order chi connectivity index (χ1) is 20.0. The van der Waals surface area contributed by atoms with Crippen LogP contribution in [0.2, 0.25) is 0 Å². The lowest BCUT2D eigenvalue weighted by Gasteiger charge is -2.26. The minimum Gasteiger partial charge on any atom is -0.477 e. The molecule has 1 saturated carbocycles. The molecular formula is C33H37F2N3O4. The van der Waals surface area contributed by atoms with E-state index < -0.39 is 24.3 Å². The average Bonchev–Trinajstić information content (AvgIpc) is 2.99. The van der Waals surface area contributed by atoms with Gasteiger partial charge in [0.1, 0.15) is 0 Å². The van der Waals surface area contributed by atoms with Crippen molar-refractivity contribution in [2.45, 2.75) is 70.3 Å². The Balaban J connectivity index is 1.51. The smallest absolute Gasteiger partial charge is 0.376 e. The molecule has 0 saturated heterocycles. The van der Waals surface area contributed by atoms with Crippen molar-refractivity contribution in [1.82, 2.24) is 5.32 Å². The topological polar surface area (TPSA) is 98.7 Å². The molecule has 3 amide bonds. The molecule has 3 N–H and O–H groups in total. The van der Waals surface area contributed by atoms with Gasteiger partial charge >= 0.3 is 17.9 Å². The number of nitrogens with one attached hydrogen (secondary N) is 2. The van der Waals surface area contributed by atoms with Gasteiger partial charge in [-0.3, -0.25) is 9.69 Å². The Bertz CT molecular complexity index is 1370. The number of hydrogen-bond donors (Lipinski definition) is 3. The van der Waals surface area contributed by atoms with E-state index in [0.29, 0.717) is 28.8 Å². The number of halogens is 2. The summed E-state index contributed by atoms with van der Waals surface area (Å²) in [5, 5.41) is 13.5. The zero-order valence-corrected chi connectivity index (χ0v) is 23.9. The third-order valence-electron chi connectivity index (χ3n) is 7.70. The first kappa shape index (κ1) is 30.7. The van der Waals surface area contributed by atoms with E-state index in [0.717, 1.165) is 0 Å². The summed E-state index contributed by atoms with van der Waals surface area (Å²) in [6.45, 7) is 3.09. The normalized spacial score (nSPS) is 13.9. The van der Waals surface area contributed by atoms with Crippen molar-refractivity contribution in [3.63, 3.8) is 0 Å². The van der Waals surface area contributed by atoms with Crippen molar-refractivity contribution in [3.05, 3.63) is 95.1 Å². The maximum atomic E-state index is 13.6. The highest BCUT2D eigenvalue weighted by molar-refractivity contribution is 6.01. The van der Waals surface area contributed by atoms with Gasteiger partial charge in [-0.15, -0.1) is 0 Å². The van der Waals surface area contributed by atoms with E-state index in [1.807, 2.05) is 41.7 Å². The third-order valence-corrected chi connectivity index (χ3v) is 7.70. The second-order valence-corrected chi connectivity index (χ2v) is 11.1. The largest absolute Gasteiger partial charge is 0.477 e. The van der Waals surface area contributed by atoms with Crippen LogP contribution in [0.4, 0.5) is 25.0 Å². The molecule has 1 aliphatic rings.